The van der Waals surface area contributed by atoms with Crippen molar-refractivity contribution in [2.24, 2.45) is 0 Å². The Bertz CT molecular complexity index is 916. The minimum absolute atomic E-state index is 0.230. The quantitative estimate of drug-likeness (QED) is 0.644. The lowest BCUT2D eigenvalue weighted by molar-refractivity contribution is 0.102. The lowest BCUT2D eigenvalue weighted by Gasteiger charge is -2.08. The molecule has 3 aromatic rings. The molecular weight excluding hydrogens is 364 g/mol. The number of anilines is 2. The Morgan fingerprint density at radius 3 is 2.70 bits per heavy atom. The van der Waals surface area contributed by atoms with E-state index in [1.165, 1.54) is 6.20 Å². The molecule has 0 saturated heterocycles. The van der Waals surface area contributed by atoms with Crippen LogP contribution in [0.15, 0.2) is 60.9 Å². The van der Waals surface area contributed by atoms with Crippen LogP contribution < -0.4 is 15.4 Å². The van der Waals surface area contributed by atoms with Crippen LogP contribution in [0.5, 0.6) is 5.75 Å². The number of carbonyl (C=O) groups is 1. The summed E-state index contributed by atoms with van der Waals surface area (Å²) < 4.78 is 5.22. The molecule has 0 unspecified atom stereocenters. The van der Waals surface area contributed by atoms with Gasteiger partial charge in [0.25, 0.3) is 5.91 Å². The lowest BCUT2D eigenvalue weighted by Crippen LogP contribution is -2.15. The molecular formula is C20H19ClN4O2. The van der Waals surface area contributed by atoms with Crippen molar-refractivity contribution in [3.8, 4) is 5.75 Å². The van der Waals surface area contributed by atoms with Crippen LogP contribution in [0.25, 0.3) is 0 Å². The Morgan fingerprint density at radius 1 is 1.11 bits per heavy atom. The van der Waals surface area contributed by atoms with Crippen molar-refractivity contribution in [3.05, 3.63) is 77.2 Å². The summed E-state index contributed by atoms with van der Waals surface area (Å²) in [5, 5.41) is 6.48. The number of nitrogens with one attached hydrogen (secondary N) is 2. The van der Waals surface area contributed by atoms with E-state index >= 15 is 0 Å². The molecule has 0 bridgehead atoms. The van der Waals surface area contributed by atoms with Crippen LogP contribution >= 0.6 is 11.6 Å². The third-order valence-corrected chi connectivity index (χ3v) is 4.06. The van der Waals surface area contributed by atoms with E-state index in [4.69, 9.17) is 16.3 Å². The third kappa shape index (κ3) is 5.43. The summed E-state index contributed by atoms with van der Waals surface area (Å²) in [6.45, 7) is 0.690. The van der Waals surface area contributed by atoms with Crippen LogP contribution in [-0.2, 0) is 6.42 Å². The van der Waals surface area contributed by atoms with Crippen molar-refractivity contribution < 1.29 is 9.53 Å². The first-order valence-electron chi connectivity index (χ1n) is 8.40. The van der Waals surface area contributed by atoms with E-state index < -0.39 is 0 Å². The molecule has 1 amide bonds. The number of carbonyl (C=O) groups excluding carboxylic acids is 1. The highest BCUT2D eigenvalue weighted by Gasteiger charge is 2.09. The van der Waals surface area contributed by atoms with Crippen LogP contribution in [0.3, 0.4) is 0 Å². The topological polar surface area (TPSA) is 76.1 Å². The van der Waals surface area contributed by atoms with Gasteiger partial charge in [0.15, 0.2) is 0 Å². The van der Waals surface area contributed by atoms with Gasteiger partial charge in [-0.3, -0.25) is 4.79 Å². The van der Waals surface area contributed by atoms with Gasteiger partial charge < -0.3 is 15.4 Å². The van der Waals surface area contributed by atoms with Crippen molar-refractivity contribution in [1.29, 1.82) is 0 Å². The van der Waals surface area contributed by atoms with Crippen LogP contribution in [-0.4, -0.2) is 29.5 Å². The van der Waals surface area contributed by atoms with Gasteiger partial charge in [0.05, 0.1) is 19.5 Å². The zero-order chi connectivity index (χ0) is 19.1. The summed E-state index contributed by atoms with van der Waals surface area (Å²) in [7, 11) is 1.65. The van der Waals surface area contributed by atoms with Crippen molar-refractivity contribution >= 4 is 29.0 Å². The summed E-state index contributed by atoms with van der Waals surface area (Å²) >= 11 is 5.91. The first kappa shape index (κ1) is 18.7. The zero-order valence-corrected chi connectivity index (χ0v) is 15.5. The van der Waals surface area contributed by atoms with Crippen molar-refractivity contribution in [2.45, 2.75) is 6.42 Å². The highest BCUT2D eigenvalue weighted by molar-refractivity contribution is 6.30. The molecule has 6 nitrogen and oxygen atoms in total. The average molecular weight is 383 g/mol. The van der Waals surface area contributed by atoms with E-state index in [1.54, 1.807) is 37.6 Å². The Hall–Kier alpha value is -3.12. The predicted octanol–water partition coefficient (Wildman–Crippen LogP) is 4.05. The van der Waals surface area contributed by atoms with Gasteiger partial charge in [-0.2, -0.15) is 0 Å². The number of hydrogen-bond donors (Lipinski definition) is 2. The molecule has 1 heterocycles. The van der Waals surface area contributed by atoms with Gasteiger partial charge in [-0.25, -0.2) is 9.97 Å². The third-order valence-electron chi connectivity index (χ3n) is 3.82. The Labute approximate surface area is 162 Å². The van der Waals surface area contributed by atoms with E-state index in [-0.39, 0.29) is 11.6 Å². The maximum absolute atomic E-state index is 12.2. The molecule has 1 aromatic heterocycles. The van der Waals surface area contributed by atoms with Crippen LogP contribution in [0, 0.1) is 0 Å². The monoisotopic (exact) mass is 382 g/mol. The summed E-state index contributed by atoms with van der Waals surface area (Å²) in [5.41, 5.74) is 2.00. The minimum Gasteiger partial charge on any atom is -0.497 e. The minimum atomic E-state index is -0.340. The fraction of sp³-hybridized carbons (Fsp3) is 0.150. The standard InChI is InChI=1S/C20H19ClN4O2/c1-27-17-7-2-4-14(10-17)8-9-22-19-13-23-18(12-24-19)20(26)25-16-6-3-5-15(21)11-16/h2-7,10-13H,8-9H2,1H3,(H,22,24)(H,25,26). The number of ether oxygens (including phenoxy) is 1. The average Bonchev–Trinajstić information content (AvgIpc) is 2.69. The number of benzene rings is 2. The normalized spacial score (nSPS) is 10.3. The molecule has 0 spiro atoms. The van der Waals surface area contributed by atoms with Crippen LogP contribution in [0.1, 0.15) is 16.1 Å². The number of nitrogens with zero attached hydrogens (tertiary/aromatic N) is 2. The molecule has 3 rings (SSSR count). The number of amides is 1. The van der Waals surface area contributed by atoms with E-state index in [9.17, 15) is 4.79 Å². The molecule has 0 fully saturated rings. The van der Waals surface area contributed by atoms with Gasteiger partial charge in [0.1, 0.15) is 17.3 Å². The van der Waals surface area contributed by atoms with Crippen molar-refractivity contribution in [1.82, 2.24) is 9.97 Å². The predicted molar refractivity (Wildman–Crippen MR) is 107 cm³/mol. The molecule has 2 aromatic carbocycles. The smallest absolute Gasteiger partial charge is 0.275 e. The summed E-state index contributed by atoms with van der Waals surface area (Å²) in [4.78, 5) is 20.6. The number of methoxy groups -OCH3 is 1. The highest BCUT2D eigenvalue weighted by atomic mass is 35.5. The largest absolute Gasteiger partial charge is 0.497 e. The van der Waals surface area contributed by atoms with E-state index in [0.717, 1.165) is 17.7 Å². The molecule has 2 N–H and O–H groups in total. The molecule has 0 radical (unpaired) electrons. The molecule has 0 aliphatic heterocycles. The van der Waals surface area contributed by atoms with E-state index in [1.807, 2.05) is 24.3 Å². The number of halogens is 1. The van der Waals surface area contributed by atoms with Crippen molar-refractivity contribution in [3.63, 3.8) is 0 Å². The molecule has 138 valence electrons. The maximum Gasteiger partial charge on any atom is 0.275 e. The molecule has 0 aliphatic rings. The fourth-order valence-electron chi connectivity index (χ4n) is 2.46. The summed E-state index contributed by atoms with van der Waals surface area (Å²) in [6.07, 6.45) is 3.79. The van der Waals surface area contributed by atoms with Gasteiger partial charge in [-0.1, -0.05) is 29.8 Å². The second-order valence-electron chi connectivity index (χ2n) is 5.78. The lowest BCUT2D eigenvalue weighted by atomic mass is 10.1. The summed E-state index contributed by atoms with van der Waals surface area (Å²) in [6, 6.07) is 14.8. The van der Waals surface area contributed by atoms with Crippen molar-refractivity contribution in [2.75, 3.05) is 24.3 Å². The second-order valence-corrected chi connectivity index (χ2v) is 6.22. The van der Waals surface area contributed by atoms with Crippen LogP contribution in [0.4, 0.5) is 11.5 Å². The Kier molecular flexibility index (Phi) is 6.22. The number of aromatic nitrogens is 2. The molecule has 7 heteroatoms. The Balaban J connectivity index is 1.53. The van der Waals surface area contributed by atoms with Gasteiger partial charge in [-0.05, 0) is 42.3 Å². The fourth-order valence-corrected chi connectivity index (χ4v) is 2.65. The molecule has 27 heavy (non-hydrogen) atoms. The first-order chi connectivity index (χ1) is 13.1. The first-order valence-corrected chi connectivity index (χ1v) is 8.77. The number of hydrogen-bond acceptors (Lipinski definition) is 5. The summed E-state index contributed by atoms with van der Waals surface area (Å²) in [5.74, 6) is 1.10. The molecule has 0 saturated carbocycles. The number of rotatable bonds is 7. The molecule has 0 atom stereocenters. The molecule has 0 aliphatic carbocycles. The Morgan fingerprint density at radius 2 is 1.96 bits per heavy atom. The van der Waals surface area contributed by atoms with Gasteiger partial charge in [-0.15, -0.1) is 0 Å². The van der Waals surface area contributed by atoms with Crippen LogP contribution in [0.2, 0.25) is 5.02 Å². The second kappa shape index (κ2) is 9.00. The van der Waals surface area contributed by atoms with Gasteiger partial charge >= 0.3 is 0 Å². The highest BCUT2D eigenvalue weighted by Crippen LogP contribution is 2.16. The van der Waals surface area contributed by atoms with E-state index in [0.29, 0.717) is 23.1 Å². The van der Waals surface area contributed by atoms with Gasteiger partial charge in [0, 0.05) is 17.3 Å². The maximum atomic E-state index is 12.2. The van der Waals surface area contributed by atoms with E-state index in [2.05, 4.69) is 20.6 Å². The zero-order valence-electron chi connectivity index (χ0n) is 14.8. The van der Waals surface area contributed by atoms with Gasteiger partial charge in [0.2, 0.25) is 0 Å². The SMILES string of the molecule is COc1cccc(CCNc2cnc(C(=O)Nc3cccc(Cl)c3)cn2)c1.